The van der Waals surface area contributed by atoms with Crippen LogP contribution in [0.3, 0.4) is 0 Å². The molecule has 0 N–H and O–H groups in total. The summed E-state index contributed by atoms with van der Waals surface area (Å²) < 4.78 is 1.31. The van der Waals surface area contributed by atoms with E-state index >= 15 is 0 Å². The van der Waals surface area contributed by atoms with Crippen LogP contribution in [0.2, 0.25) is 0 Å². The summed E-state index contributed by atoms with van der Waals surface area (Å²) in [4.78, 5) is 0. The lowest BCUT2D eigenvalue weighted by Gasteiger charge is -2.08. The zero-order valence-corrected chi connectivity index (χ0v) is 11.4. The number of rotatable bonds is 1. The quantitative estimate of drug-likeness (QED) is 0.544. The summed E-state index contributed by atoms with van der Waals surface area (Å²) in [7, 11) is 0. The summed E-state index contributed by atoms with van der Waals surface area (Å²) >= 11 is 2.41. The van der Waals surface area contributed by atoms with Crippen LogP contribution in [0, 0.1) is 3.57 Å². The number of halogens is 1. The standard InChI is InChI=1S/C16H11I/c17-15-11-5-9-13-8-4-10-14(16(13)15)12-6-2-1-3-7-12/h1-11H. The number of fused-ring (bicyclic) bond motifs is 1. The van der Waals surface area contributed by atoms with Crippen LogP contribution >= 0.6 is 22.6 Å². The maximum absolute atomic E-state index is 2.41. The van der Waals surface area contributed by atoms with E-state index in [1.54, 1.807) is 0 Å². The minimum Gasteiger partial charge on any atom is -0.0622 e. The molecule has 3 aromatic rings. The molecule has 0 saturated heterocycles. The Labute approximate surface area is 114 Å². The first-order chi connectivity index (χ1) is 8.36. The van der Waals surface area contributed by atoms with Gasteiger partial charge in [-0.3, -0.25) is 0 Å². The third-order valence-electron chi connectivity index (χ3n) is 2.94. The molecule has 17 heavy (non-hydrogen) atoms. The van der Waals surface area contributed by atoms with Crippen LogP contribution in [0.25, 0.3) is 21.9 Å². The van der Waals surface area contributed by atoms with Crippen molar-refractivity contribution in [1.29, 1.82) is 0 Å². The fourth-order valence-corrected chi connectivity index (χ4v) is 2.96. The van der Waals surface area contributed by atoms with Crippen molar-refractivity contribution in [3.63, 3.8) is 0 Å². The highest BCUT2D eigenvalue weighted by Gasteiger charge is 2.05. The third kappa shape index (κ3) is 1.95. The zero-order valence-electron chi connectivity index (χ0n) is 9.23. The van der Waals surface area contributed by atoms with Gasteiger partial charge in [0, 0.05) is 8.96 Å². The lowest BCUT2D eigenvalue weighted by Crippen LogP contribution is -1.83. The molecule has 0 amide bonds. The number of benzene rings is 3. The van der Waals surface area contributed by atoms with Gasteiger partial charge in [0.15, 0.2) is 0 Å². The molecule has 0 bridgehead atoms. The Bertz CT molecular complexity index is 651. The first-order valence-corrected chi connectivity index (χ1v) is 6.67. The molecule has 82 valence electrons. The Hall–Kier alpha value is -1.35. The van der Waals surface area contributed by atoms with E-state index in [4.69, 9.17) is 0 Å². The van der Waals surface area contributed by atoms with Gasteiger partial charge in [0.1, 0.15) is 0 Å². The van der Waals surface area contributed by atoms with Gasteiger partial charge >= 0.3 is 0 Å². The maximum Gasteiger partial charge on any atom is 0.0215 e. The predicted octanol–water partition coefficient (Wildman–Crippen LogP) is 5.11. The summed E-state index contributed by atoms with van der Waals surface area (Å²) in [5.41, 5.74) is 2.59. The zero-order chi connectivity index (χ0) is 11.7. The highest BCUT2D eigenvalue weighted by Crippen LogP contribution is 2.31. The third-order valence-corrected chi connectivity index (χ3v) is 3.84. The van der Waals surface area contributed by atoms with Crippen molar-refractivity contribution in [1.82, 2.24) is 0 Å². The highest BCUT2D eigenvalue weighted by molar-refractivity contribution is 14.1. The minimum atomic E-state index is 1.28. The smallest absolute Gasteiger partial charge is 0.0215 e. The van der Waals surface area contributed by atoms with Crippen molar-refractivity contribution in [2.45, 2.75) is 0 Å². The van der Waals surface area contributed by atoms with Crippen molar-refractivity contribution >= 4 is 33.4 Å². The normalized spacial score (nSPS) is 10.6. The van der Waals surface area contributed by atoms with Gasteiger partial charge in [0.2, 0.25) is 0 Å². The Morgan fingerprint density at radius 3 is 2.12 bits per heavy atom. The molecular weight excluding hydrogens is 319 g/mol. The lowest BCUT2D eigenvalue weighted by atomic mass is 9.98. The molecule has 0 aliphatic carbocycles. The fourth-order valence-electron chi connectivity index (χ4n) is 2.15. The SMILES string of the molecule is Ic1cccc2cccc(-c3ccccc3)c12. The summed E-state index contributed by atoms with van der Waals surface area (Å²) in [5, 5.41) is 2.65. The van der Waals surface area contributed by atoms with Gasteiger partial charge in [-0.25, -0.2) is 0 Å². The van der Waals surface area contributed by atoms with Gasteiger partial charge in [-0.15, -0.1) is 0 Å². The van der Waals surface area contributed by atoms with Crippen molar-refractivity contribution < 1.29 is 0 Å². The molecule has 3 rings (SSSR count). The molecule has 0 unspecified atom stereocenters. The van der Waals surface area contributed by atoms with Gasteiger partial charge in [0.05, 0.1) is 0 Å². The molecule has 3 aromatic carbocycles. The van der Waals surface area contributed by atoms with Crippen LogP contribution < -0.4 is 0 Å². The number of hydrogen-bond acceptors (Lipinski definition) is 0. The van der Waals surface area contributed by atoms with E-state index in [9.17, 15) is 0 Å². The van der Waals surface area contributed by atoms with E-state index in [2.05, 4.69) is 89.3 Å². The molecular formula is C16H11I. The number of hydrogen-bond donors (Lipinski definition) is 0. The average molecular weight is 330 g/mol. The van der Waals surface area contributed by atoms with Gasteiger partial charge in [0.25, 0.3) is 0 Å². The predicted molar refractivity (Wildman–Crippen MR) is 82.1 cm³/mol. The monoisotopic (exact) mass is 330 g/mol. The molecule has 0 aromatic heterocycles. The topological polar surface area (TPSA) is 0 Å². The van der Waals surface area contributed by atoms with E-state index < -0.39 is 0 Å². The lowest BCUT2D eigenvalue weighted by molar-refractivity contribution is 1.64. The molecule has 1 heteroatoms. The van der Waals surface area contributed by atoms with E-state index in [0.29, 0.717) is 0 Å². The summed E-state index contributed by atoms with van der Waals surface area (Å²) in [6, 6.07) is 23.5. The van der Waals surface area contributed by atoms with Gasteiger partial charge in [-0.05, 0) is 45.2 Å². The maximum atomic E-state index is 2.41. The Morgan fingerprint density at radius 2 is 1.35 bits per heavy atom. The molecule has 0 radical (unpaired) electrons. The van der Waals surface area contributed by atoms with Gasteiger partial charge in [-0.1, -0.05) is 60.7 Å². The summed E-state index contributed by atoms with van der Waals surface area (Å²) in [5.74, 6) is 0. The largest absolute Gasteiger partial charge is 0.0622 e. The molecule has 0 nitrogen and oxygen atoms in total. The van der Waals surface area contributed by atoms with Crippen LogP contribution in [0.5, 0.6) is 0 Å². The Kier molecular flexibility index (Phi) is 2.85. The van der Waals surface area contributed by atoms with Crippen molar-refractivity contribution in [3.8, 4) is 11.1 Å². The van der Waals surface area contributed by atoms with Crippen LogP contribution in [0.1, 0.15) is 0 Å². The molecule has 0 atom stereocenters. The van der Waals surface area contributed by atoms with E-state index in [1.807, 2.05) is 0 Å². The van der Waals surface area contributed by atoms with Gasteiger partial charge in [-0.2, -0.15) is 0 Å². The second kappa shape index (κ2) is 4.49. The fraction of sp³-hybridized carbons (Fsp3) is 0. The first kappa shape index (κ1) is 10.8. The summed E-state index contributed by atoms with van der Waals surface area (Å²) in [6.07, 6.45) is 0. The highest BCUT2D eigenvalue weighted by atomic mass is 127. The van der Waals surface area contributed by atoms with Crippen molar-refractivity contribution in [2.24, 2.45) is 0 Å². The first-order valence-electron chi connectivity index (χ1n) is 5.59. The summed E-state index contributed by atoms with van der Waals surface area (Å²) in [6.45, 7) is 0. The van der Waals surface area contributed by atoms with E-state index in [0.717, 1.165) is 0 Å². The Morgan fingerprint density at radius 1 is 0.647 bits per heavy atom. The van der Waals surface area contributed by atoms with E-state index in [1.165, 1.54) is 25.5 Å². The van der Waals surface area contributed by atoms with Crippen molar-refractivity contribution in [2.75, 3.05) is 0 Å². The minimum absolute atomic E-state index is 1.28. The van der Waals surface area contributed by atoms with E-state index in [-0.39, 0.29) is 0 Å². The van der Waals surface area contributed by atoms with Crippen LogP contribution in [0.15, 0.2) is 66.7 Å². The van der Waals surface area contributed by atoms with Crippen molar-refractivity contribution in [3.05, 3.63) is 70.3 Å². The molecule has 0 aliphatic rings. The average Bonchev–Trinajstić information content (AvgIpc) is 2.39. The van der Waals surface area contributed by atoms with Gasteiger partial charge < -0.3 is 0 Å². The van der Waals surface area contributed by atoms with Crippen LogP contribution in [0.4, 0.5) is 0 Å². The second-order valence-electron chi connectivity index (χ2n) is 4.01. The van der Waals surface area contributed by atoms with Crippen LogP contribution in [-0.4, -0.2) is 0 Å². The molecule has 0 heterocycles. The van der Waals surface area contributed by atoms with Crippen LogP contribution in [-0.2, 0) is 0 Å². The molecule has 0 saturated carbocycles. The molecule has 0 aliphatic heterocycles. The molecule has 0 fully saturated rings. The second-order valence-corrected chi connectivity index (χ2v) is 5.17. The Balaban J connectivity index is 2.38. The molecule has 0 spiro atoms.